The van der Waals surface area contributed by atoms with Crippen LogP contribution < -0.4 is 0 Å². The number of benzene rings is 2. The monoisotopic (exact) mass is 341 g/mol. The number of aryl methyl sites for hydroxylation is 1. The highest BCUT2D eigenvalue weighted by molar-refractivity contribution is 7.07. The van der Waals surface area contributed by atoms with Crippen LogP contribution in [0.1, 0.15) is 28.4 Å². The van der Waals surface area contributed by atoms with Crippen molar-refractivity contribution in [2.45, 2.75) is 19.8 Å². The Balaban J connectivity index is 1.75. The lowest BCUT2D eigenvalue weighted by Crippen LogP contribution is -2.04. The number of carbonyl (C=O) groups is 1. The molecule has 0 saturated carbocycles. The van der Waals surface area contributed by atoms with E-state index in [1.807, 2.05) is 53.4 Å². The van der Waals surface area contributed by atoms with E-state index < -0.39 is 0 Å². The van der Waals surface area contributed by atoms with Gasteiger partial charge in [0.05, 0.1) is 16.2 Å². The van der Waals surface area contributed by atoms with E-state index >= 15 is 0 Å². The molecule has 1 heterocycles. The summed E-state index contributed by atoms with van der Waals surface area (Å²) in [5.74, 6) is 0.0408. The third-order valence-electron chi connectivity index (χ3n) is 3.79. The van der Waals surface area contributed by atoms with Gasteiger partial charge in [-0.1, -0.05) is 48.9 Å². The van der Waals surface area contributed by atoms with Crippen molar-refractivity contribution in [3.05, 3.63) is 75.1 Å². The second-order valence-corrected chi connectivity index (χ2v) is 6.46. The number of nitrogens with zero attached hydrogens (tertiary/aromatic N) is 1. The summed E-state index contributed by atoms with van der Waals surface area (Å²) in [4.78, 5) is 16.7. The lowest BCUT2D eigenvalue weighted by molar-refractivity contribution is 0.0993. The maximum atomic E-state index is 12.5. The molecule has 0 aliphatic rings. The second kappa shape index (κ2) is 7.07. The molecule has 3 rings (SSSR count). The molecule has 0 saturated heterocycles. The van der Waals surface area contributed by atoms with Crippen LogP contribution in [0.3, 0.4) is 0 Å². The maximum absolute atomic E-state index is 12.5. The van der Waals surface area contributed by atoms with Gasteiger partial charge in [-0.3, -0.25) is 4.79 Å². The Bertz CT molecular complexity index is 810. The SMILES string of the molecule is CCc1ccc(C(=O)Cc2ccc(-c3cscn3)cc2)c(Cl)c1. The zero-order chi connectivity index (χ0) is 16.2. The molecule has 0 fully saturated rings. The summed E-state index contributed by atoms with van der Waals surface area (Å²) in [5.41, 5.74) is 6.55. The van der Waals surface area contributed by atoms with E-state index in [1.54, 1.807) is 11.3 Å². The van der Waals surface area contributed by atoms with E-state index in [1.165, 1.54) is 0 Å². The molecule has 3 aromatic rings. The van der Waals surface area contributed by atoms with Crippen molar-refractivity contribution < 1.29 is 4.79 Å². The second-order valence-electron chi connectivity index (χ2n) is 5.34. The molecule has 0 aliphatic heterocycles. The molecule has 0 aliphatic carbocycles. The van der Waals surface area contributed by atoms with Gasteiger partial charge in [-0.05, 0) is 29.7 Å². The van der Waals surface area contributed by atoms with Crippen LogP contribution in [0.2, 0.25) is 5.02 Å². The van der Waals surface area contributed by atoms with Crippen LogP contribution in [0.15, 0.2) is 53.4 Å². The third-order valence-corrected chi connectivity index (χ3v) is 4.69. The van der Waals surface area contributed by atoms with Crippen molar-refractivity contribution in [1.29, 1.82) is 0 Å². The van der Waals surface area contributed by atoms with Crippen molar-refractivity contribution >= 4 is 28.7 Å². The largest absolute Gasteiger partial charge is 0.294 e. The Labute approximate surface area is 144 Å². The van der Waals surface area contributed by atoms with E-state index in [9.17, 15) is 4.79 Å². The summed E-state index contributed by atoms with van der Waals surface area (Å²) in [5, 5.41) is 2.54. The number of hydrogen-bond donors (Lipinski definition) is 0. The highest BCUT2D eigenvalue weighted by Gasteiger charge is 2.12. The quantitative estimate of drug-likeness (QED) is 0.577. The Morgan fingerprint density at radius 1 is 1.13 bits per heavy atom. The van der Waals surface area contributed by atoms with Crippen LogP contribution >= 0.6 is 22.9 Å². The van der Waals surface area contributed by atoms with E-state index in [2.05, 4.69) is 11.9 Å². The van der Waals surface area contributed by atoms with Crippen LogP contribution in [0.25, 0.3) is 11.3 Å². The van der Waals surface area contributed by atoms with Gasteiger partial charge < -0.3 is 0 Å². The van der Waals surface area contributed by atoms with Crippen LogP contribution in [0.4, 0.5) is 0 Å². The number of hydrogen-bond acceptors (Lipinski definition) is 3. The van der Waals surface area contributed by atoms with Gasteiger partial charge >= 0.3 is 0 Å². The van der Waals surface area contributed by atoms with Crippen molar-refractivity contribution in [1.82, 2.24) is 4.98 Å². The Hall–Kier alpha value is -1.97. The molecular formula is C19H16ClNOS. The van der Waals surface area contributed by atoms with Crippen molar-refractivity contribution in [3.63, 3.8) is 0 Å². The fourth-order valence-electron chi connectivity index (χ4n) is 2.43. The first kappa shape index (κ1) is 15.9. The maximum Gasteiger partial charge on any atom is 0.168 e. The zero-order valence-electron chi connectivity index (χ0n) is 12.8. The van der Waals surface area contributed by atoms with E-state index in [4.69, 9.17) is 11.6 Å². The zero-order valence-corrected chi connectivity index (χ0v) is 14.3. The number of rotatable bonds is 5. The average Bonchev–Trinajstić information content (AvgIpc) is 3.09. The van der Waals surface area contributed by atoms with Crippen molar-refractivity contribution in [3.8, 4) is 11.3 Å². The normalized spacial score (nSPS) is 10.7. The lowest BCUT2D eigenvalue weighted by atomic mass is 10.00. The van der Waals surface area contributed by atoms with Crippen LogP contribution in [-0.2, 0) is 12.8 Å². The molecule has 116 valence electrons. The molecule has 0 amide bonds. The van der Waals surface area contributed by atoms with Gasteiger partial charge in [0.2, 0.25) is 0 Å². The van der Waals surface area contributed by atoms with Crippen LogP contribution in [-0.4, -0.2) is 10.8 Å². The van der Waals surface area contributed by atoms with E-state index in [0.717, 1.165) is 28.8 Å². The summed E-state index contributed by atoms with van der Waals surface area (Å²) >= 11 is 7.81. The fourth-order valence-corrected chi connectivity index (χ4v) is 3.30. The van der Waals surface area contributed by atoms with Gasteiger partial charge in [-0.25, -0.2) is 4.98 Å². The first-order valence-electron chi connectivity index (χ1n) is 7.46. The minimum absolute atomic E-state index is 0.0408. The molecular weight excluding hydrogens is 326 g/mol. The van der Waals surface area contributed by atoms with Gasteiger partial charge in [-0.2, -0.15) is 0 Å². The molecule has 0 bridgehead atoms. The predicted molar refractivity (Wildman–Crippen MR) is 96.4 cm³/mol. The highest BCUT2D eigenvalue weighted by atomic mass is 35.5. The Morgan fingerprint density at radius 3 is 2.48 bits per heavy atom. The van der Waals surface area contributed by atoms with E-state index in [0.29, 0.717) is 17.0 Å². The number of ketones is 1. The summed E-state index contributed by atoms with van der Waals surface area (Å²) in [6, 6.07) is 13.6. The van der Waals surface area contributed by atoms with Gasteiger partial charge in [0, 0.05) is 22.9 Å². The minimum Gasteiger partial charge on any atom is -0.294 e. The molecule has 0 radical (unpaired) electrons. The first-order chi connectivity index (χ1) is 11.2. The topological polar surface area (TPSA) is 30.0 Å². The molecule has 1 aromatic heterocycles. The van der Waals surface area contributed by atoms with Crippen molar-refractivity contribution in [2.75, 3.05) is 0 Å². The average molecular weight is 342 g/mol. The minimum atomic E-state index is 0.0408. The first-order valence-corrected chi connectivity index (χ1v) is 8.78. The molecule has 0 spiro atoms. The summed E-state index contributed by atoms with van der Waals surface area (Å²) < 4.78 is 0. The number of carbonyl (C=O) groups excluding carboxylic acids is 1. The van der Waals surface area contributed by atoms with Crippen LogP contribution in [0, 0.1) is 0 Å². The molecule has 0 unspecified atom stereocenters. The van der Waals surface area contributed by atoms with Crippen molar-refractivity contribution in [2.24, 2.45) is 0 Å². The molecule has 2 aromatic carbocycles. The predicted octanol–water partition coefficient (Wildman–Crippen LogP) is 5.45. The van der Waals surface area contributed by atoms with Gasteiger partial charge in [0.1, 0.15) is 0 Å². The third kappa shape index (κ3) is 3.69. The molecule has 23 heavy (non-hydrogen) atoms. The number of thiazole rings is 1. The van der Waals surface area contributed by atoms with Crippen LogP contribution in [0.5, 0.6) is 0 Å². The van der Waals surface area contributed by atoms with Gasteiger partial charge in [0.15, 0.2) is 5.78 Å². The highest BCUT2D eigenvalue weighted by Crippen LogP contribution is 2.22. The summed E-state index contributed by atoms with van der Waals surface area (Å²) in [7, 11) is 0. The number of aromatic nitrogens is 1. The Kier molecular flexibility index (Phi) is 4.89. The summed E-state index contributed by atoms with van der Waals surface area (Å²) in [6.45, 7) is 2.07. The van der Waals surface area contributed by atoms with E-state index in [-0.39, 0.29) is 5.78 Å². The number of Topliss-reactive ketones (excluding diaryl/α,β-unsaturated/α-hetero) is 1. The lowest BCUT2D eigenvalue weighted by Gasteiger charge is -2.06. The molecule has 4 heteroatoms. The van der Waals surface area contributed by atoms with Gasteiger partial charge in [-0.15, -0.1) is 11.3 Å². The number of halogens is 1. The summed E-state index contributed by atoms with van der Waals surface area (Å²) in [6.07, 6.45) is 1.26. The molecule has 0 N–H and O–H groups in total. The smallest absolute Gasteiger partial charge is 0.168 e. The Morgan fingerprint density at radius 2 is 1.87 bits per heavy atom. The molecule has 0 atom stereocenters. The standard InChI is InChI=1S/C19H16ClNOS/c1-2-13-5-8-16(17(20)9-13)19(22)10-14-3-6-15(7-4-14)18-11-23-12-21-18/h3-9,11-12H,2,10H2,1H3. The fraction of sp³-hybridized carbons (Fsp3) is 0.158. The van der Waals surface area contributed by atoms with Gasteiger partial charge in [0.25, 0.3) is 0 Å². The molecule has 2 nitrogen and oxygen atoms in total.